The minimum absolute atomic E-state index is 0.0471. The number of carbonyl (C=O) groups excluding carboxylic acids is 1. The molecule has 6 rings (SSSR count). The fraction of sp³-hybridized carbons (Fsp3) is 0.235. The van der Waals surface area contributed by atoms with Gasteiger partial charge in [0.15, 0.2) is 0 Å². The molecule has 0 spiro atoms. The second-order valence-corrected chi connectivity index (χ2v) is 10.7. The average Bonchev–Trinajstić information content (AvgIpc) is 3.36. The molecule has 0 saturated carbocycles. The molecule has 1 fully saturated rings. The van der Waals surface area contributed by atoms with Gasteiger partial charge in [-0.05, 0) is 66.6 Å². The minimum Gasteiger partial charge on any atom is -0.486 e. The number of halogens is 3. The van der Waals surface area contributed by atoms with Crippen molar-refractivity contribution in [2.24, 2.45) is 0 Å². The van der Waals surface area contributed by atoms with Gasteiger partial charge >= 0.3 is 6.18 Å². The zero-order valence-corrected chi connectivity index (χ0v) is 23.7. The normalized spacial score (nSPS) is 13.9. The highest BCUT2D eigenvalue weighted by Crippen LogP contribution is 2.30. The number of nitrogens with zero attached hydrogens (tertiary/aromatic N) is 4. The van der Waals surface area contributed by atoms with Crippen LogP contribution in [0.5, 0.6) is 5.75 Å². The summed E-state index contributed by atoms with van der Waals surface area (Å²) in [5.41, 5.74) is 4.38. The molecule has 1 amide bonds. The van der Waals surface area contributed by atoms with E-state index < -0.39 is 11.7 Å². The maximum atomic E-state index is 13.2. The predicted octanol–water partition coefficient (Wildman–Crippen LogP) is 6.95. The number of fused-ring (bicyclic) bond motifs is 1. The highest BCUT2D eigenvalue weighted by molar-refractivity contribution is 5.95. The smallest absolute Gasteiger partial charge is 0.416 e. The zero-order chi connectivity index (χ0) is 30.0. The van der Waals surface area contributed by atoms with E-state index in [9.17, 15) is 18.0 Å². The van der Waals surface area contributed by atoms with Gasteiger partial charge in [0.25, 0.3) is 5.91 Å². The van der Waals surface area contributed by atoms with Crippen molar-refractivity contribution in [1.29, 1.82) is 0 Å². The summed E-state index contributed by atoms with van der Waals surface area (Å²) in [7, 11) is 0. The molecule has 6 nitrogen and oxygen atoms in total. The Morgan fingerprint density at radius 3 is 2.26 bits per heavy atom. The molecule has 1 aromatic heterocycles. The Morgan fingerprint density at radius 1 is 0.860 bits per heavy atom. The van der Waals surface area contributed by atoms with Crippen molar-refractivity contribution in [2.75, 3.05) is 31.1 Å². The number of amides is 1. The van der Waals surface area contributed by atoms with Crippen LogP contribution in [0.2, 0.25) is 0 Å². The van der Waals surface area contributed by atoms with E-state index in [1.165, 1.54) is 12.1 Å². The maximum Gasteiger partial charge on any atom is 0.416 e. The Kier molecular flexibility index (Phi) is 7.80. The number of ether oxygens (including phenoxy) is 1. The van der Waals surface area contributed by atoms with Crippen molar-refractivity contribution < 1.29 is 22.7 Å². The molecule has 4 aromatic carbocycles. The average molecular weight is 585 g/mol. The van der Waals surface area contributed by atoms with Crippen LogP contribution in [0, 0.1) is 6.92 Å². The topological polar surface area (TPSA) is 50.6 Å². The first-order chi connectivity index (χ1) is 20.8. The van der Waals surface area contributed by atoms with E-state index in [0.29, 0.717) is 44.3 Å². The summed E-state index contributed by atoms with van der Waals surface area (Å²) < 4.78 is 47.5. The third-order valence-electron chi connectivity index (χ3n) is 7.85. The lowest BCUT2D eigenvalue weighted by atomic mass is 10.1. The fourth-order valence-electron chi connectivity index (χ4n) is 5.44. The van der Waals surface area contributed by atoms with Crippen LogP contribution in [-0.4, -0.2) is 46.5 Å². The third kappa shape index (κ3) is 6.21. The number of carbonyl (C=O) groups is 1. The van der Waals surface area contributed by atoms with E-state index in [1.54, 1.807) is 0 Å². The molecule has 0 aliphatic carbocycles. The molecule has 1 saturated heterocycles. The number of aryl methyl sites for hydroxylation is 1. The van der Waals surface area contributed by atoms with Gasteiger partial charge in [-0.3, -0.25) is 4.79 Å². The molecule has 220 valence electrons. The van der Waals surface area contributed by atoms with E-state index in [2.05, 4.69) is 11.0 Å². The van der Waals surface area contributed by atoms with E-state index in [-0.39, 0.29) is 12.5 Å². The molecule has 0 N–H and O–H groups in total. The Bertz CT molecular complexity index is 1720. The molecule has 0 unspecified atom stereocenters. The first kappa shape index (κ1) is 28.3. The molecule has 0 radical (unpaired) electrons. The van der Waals surface area contributed by atoms with Crippen molar-refractivity contribution in [3.63, 3.8) is 0 Å². The number of hydrogen-bond donors (Lipinski definition) is 0. The van der Waals surface area contributed by atoms with Crippen molar-refractivity contribution in [1.82, 2.24) is 14.5 Å². The highest BCUT2D eigenvalue weighted by Gasteiger charge is 2.30. The summed E-state index contributed by atoms with van der Waals surface area (Å²) in [6, 6.07) is 28.3. The van der Waals surface area contributed by atoms with Crippen LogP contribution in [0.3, 0.4) is 0 Å². The van der Waals surface area contributed by atoms with Gasteiger partial charge in [-0.2, -0.15) is 13.2 Å². The lowest BCUT2D eigenvalue weighted by Gasteiger charge is -2.36. The quantitative estimate of drug-likeness (QED) is 0.208. The van der Waals surface area contributed by atoms with Crippen LogP contribution < -0.4 is 9.64 Å². The van der Waals surface area contributed by atoms with E-state index in [0.717, 1.165) is 45.5 Å². The van der Waals surface area contributed by atoms with Crippen LogP contribution in [0.4, 0.5) is 18.9 Å². The molecule has 1 aliphatic heterocycles. The number of aromatic nitrogens is 2. The monoisotopic (exact) mass is 584 g/mol. The van der Waals surface area contributed by atoms with Gasteiger partial charge in [0.1, 0.15) is 18.2 Å². The van der Waals surface area contributed by atoms with Gasteiger partial charge in [0.05, 0.1) is 16.6 Å². The third-order valence-corrected chi connectivity index (χ3v) is 7.85. The lowest BCUT2D eigenvalue weighted by Crippen LogP contribution is -2.48. The van der Waals surface area contributed by atoms with Crippen LogP contribution in [0.1, 0.15) is 32.9 Å². The molecule has 1 aliphatic rings. The maximum absolute atomic E-state index is 13.2. The summed E-state index contributed by atoms with van der Waals surface area (Å²) in [4.78, 5) is 22.1. The number of hydrogen-bond acceptors (Lipinski definition) is 4. The van der Waals surface area contributed by atoms with Crippen LogP contribution in [0.25, 0.3) is 11.0 Å². The fourth-order valence-corrected chi connectivity index (χ4v) is 5.44. The van der Waals surface area contributed by atoms with Crippen LogP contribution >= 0.6 is 0 Å². The Morgan fingerprint density at radius 2 is 1.56 bits per heavy atom. The predicted molar refractivity (Wildman–Crippen MR) is 160 cm³/mol. The minimum atomic E-state index is -4.39. The van der Waals surface area contributed by atoms with Crippen molar-refractivity contribution in [3.05, 3.63) is 125 Å². The number of anilines is 1. The first-order valence-corrected chi connectivity index (χ1v) is 14.2. The van der Waals surface area contributed by atoms with Crippen LogP contribution in [-0.2, 0) is 19.3 Å². The van der Waals surface area contributed by atoms with Gasteiger partial charge in [-0.1, -0.05) is 48.5 Å². The molecule has 43 heavy (non-hydrogen) atoms. The highest BCUT2D eigenvalue weighted by atomic mass is 19.4. The van der Waals surface area contributed by atoms with Crippen LogP contribution in [0.15, 0.2) is 97.1 Å². The van der Waals surface area contributed by atoms with E-state index in [4.69, 9.17) is 9.72 Å². The summed E-state index contributed by atoms with van der Waals surface area (Å²) in [6.45, 7) is 5.06. The second-order valence-electron chi connectivity index (χ2n) is 10.7. The standard InChI is InChI=1S/C34H31F3N4O2/c1-24-7-5-6-10-29(24)33(42)40-19-17-39(18-20-40)27-15-16-30-31(21-27)41(22-25-11-13-26(14-12-25)34(35,36)37)32(38-30)23-43-28-8-3-2-4-9-28/h2-16,21H,17-20,22-23H2,1H3. The Balaban J connectivity index is 1.25. The molecule has 5 aromatic rings. The van der Waals surface area contributed by atoms with Gasteiger partial charge in [0.2, 0.25) is 0 Å². The van der Waals surface area contributed by atoms with Crippen molar-refractivity contribution in [3.8, 4) is 5.75 Å². The molecule has 9 heteroatoms. The number of alkyl halides is 3. The molecular weight excluding hydrogens is 553 g/mol. The van der Waals surface area contributed by atoms with E-state index in [1.807, 2.05) is 83.1 Å². The largest absolute Gasteiger partial charge is 0.486 e. The Hall–Kier alpha value is -4.79. The summed E-state index contributed by atoms with van der Waals surface area (Å²) in [5.74, 6) is 1.42. The molecular formula is C34H31F3N4O2. The van der Waals surface area contributed by atoms with E-state index >= 15 is 0 Å². The summed E-state index contributed by atoms with van der Waals surface area (Å²) in [6.07, 6.45) is -4.39. The SMILES string of the molecule is Cc1ccccc1C(=O)N1CCN(c2ccc3nc(COc4ccccc4)n(Cc4ccc(C(F)(F)F)cc4)c3c2)CC1. The second kappa shape index (κ2) is 11.8. The summed E-state index contributed by atoms with van der Waals surface area (Å²) >= 11 is 0. The Labute approximate surface area is 247 Å². The van der Waals surface area contributed by atoms with Crippen molar-refractivity contribution in [2.45, 2.75) is 26.3 Å². The number of para-hydroxylation sites is 1. The number of piperazine rings is 1. The molecule has 0 atom stereocenters. The molecule has 2 heterocycles. The van der Waals surface area contributed by atoms with Gasteiger partial charge in [0, 0.05) is 44.0 Å². The van der Waals surface area contributed by atoms with Gasteiger partial charge in [-0.25, -0.2) is 4.98 Å². The van der Waals surface area contributed by atoms with Gasteiger partial charge < -0.3 is 19.1 Å². The van der Waals surface area contributed by atoms with Gasteiger partial charge in [-0.15, -0.1) is 0 Å². The zero-order valence-electron chi connectivity index (χ0n) is 23.7. The lowest BCUT2D eigenvalue weighted by molar-refractivity contribution is -0.137. The first-order valence-electron chi connectivity index (χ1n) is 14.2. The summed E-state index contributed by atoms with van der Waals surface area (Å²) in [5, 5.41) is 0. The van der Waals surface area contributed by atoms with Crippen molar-refractivity contribution >= 4 is 22.6 Å². The number of imidazole rings is 1. The number of rotatable bonds is 7. The molecule has 0 bridgehead atoms. The number of benzene rings is 4.